The topological polar surface area (TPSA) is 79.3 Å². The average Bonchev–Trinajstić information content (AvgIpc) is 2.67. The molecule has 2 N–H and O–H groups in total. The van der Waals surface area contributed by atoms with Crippen LogP contribution in [0.1, 0.15) is 28.8 Å². The summed E-state index contributed by atoms with van der Waals surface area (Å²) in [5, 5.41) is 12.9. The van der Waals surface area contributed by atoms with Gasteiger partial charge in [-0.3, -0.25) is 9.78 Å². The van der Waals surface area contributed by atoms with E-state index in [0.717, 1.165) is 17.4 Å². The number of rotatable bonds is 7. The maximum Gasteiger partial charge on any atom is 0.326 e. The molecular formula is C21H20N2O3. The number of nitrogens with one attached hydrogen (secondary N) is 1. The molecule has 0 bridgehead atoms. The Hall–Kier alpha value is -3.21. The number of aryl methyl sites for hydroxylation is 1. The van der Waals surface area contributed by atoms with Gasteiger partial charge in [-0.2, -0.15) is 0 Å². The number of pyridine rings is 1. The molecule has 1 atom stereocenters. The molecule has 0 fully saturated rings. The van der Waals surface area contributed by atoms with Crippen LogP contribution in [0.2, 0.25) is 0 Å². The van der Waals surface area contributed by atoms with Gasteiger partial charge in [-0.25, -0.2) is 4.79 Å². The minimum Gasteiger partial charge on any atom is -0.480 e. The summed E-state index contributed by atoms with van der Waals surface area (Å²) in [5.74, 6) is -1.44. The normalized spacial score (nSPS) is 11.8. The number of carboxylic acids is 1. The van der Waals surface area contributed by atoms with Crippen LogP contribution in [0.5, 0.6) is 0 Å². The maximum atomic E-state index is 12.6. The minimum atomic E-state index is -1.03. The third kappa shape index (κ3) is 4.25. The Morgan fingerprint density at radius 1 is 1.00 bits per heavy atom. The lowest BCUT2D eigenvalue weighted by molar-refractivity contribution is -0.139. The number of aromatic nitrogens is 1. The van der Waals surface area contributed by atoms with E-state index in [1.54, 1.807) is 24.4 Å². The van der Waals surface area contributed by atoms with Crippen LogP contribution in [0.15, 0.2) is 66.9 Å². The Morgan fingerprint density at radius 2 is 1.77 bits per heavy atom. The van der Waals surface area contributed by atoms with Gasteiger partial charge in [0.15, 0.2) is 0 Å². The number of aliphatic carboxylic acids is 1. The summed E-state index contributed by atoms with van der Waals surface area (Å²) in [6.07, 6.45) is 3.44. The number of hydrogen-bond acceptors (Lipinski definition) is 3. The second-order valence-electron chi connectivity index (χ2n) is 6.12. The van der Waals surface area contributed by atoms with Crippen molar-refractivity contribution in [2.45, 2.75) is 25.3 Å². The smallest absolute Gasteiger partial charge is 0.326 e. The van der Waals surface area contributed by atoms with Gasteiger partial charge in [-0.05, 0) is 37.0 Å². The molecule has 0 aliphatic heterocycles. The zero-order valence-corrected chi connectivity index (χ0v) is 14.3. The van der Waals surface area contributed by atoms with Crippen LogP contribution in [0.4, 0.5) is 0 Å². The highest BCUT2D eigenvalue weighted by atomic mass is 16.4. The van der Waals surface area contributed by atoms with Gasteiger partial charge >= 0.3 is 5.97 Å². The van der Waals surface area contributed by atoms with Crippen LogP contribution in [0.25, 0.3) is 10.9 Å². The van der Waals surface area contributed by atoms with Crippen molar-refractivity contribution in [2.24, 2.45) is 0 Å². The van der Waals surface area contributed by atoms with Gasteiger partial charge < -0.3 is 10.4 Å². The lowest BCUT2D eigenvalue weighted by Gasteiger charge is -2.15. The number of carboxylic acid groups (broad SMARTS) is 1. The van der Waals surface area contributed by atoms with Crippen LogP contribution in [0, 0.1) is 0 Å². The van der Waals surface area contributed by atoms with Gasteiger partial charge in [0, 0.05) is 11.6 Å². The van der Waals surface area contributed by atoms with Crippen molar-refractivity contribution >= 4 is 22.8 Å². The number of carbonyl (C=O) groups excluding carboxylic acids is 1. The Labute approximate surface area is 151 Å². The summed E-state index contributed by atoms with van der Waals surface area (Å²) >= 11 is 0. The Morgan fingerprint density at radius 3 is 2.54 bits per heavy atom. The molecule has 5 nitrogen and oxygen atoms in total. The number of nitrogens with zero attached hydrogens (tertiary/aromatic N) is 1. The van der Waals surface area contributed by atoms with Crippen molar-refractivity contribution in [2.75, 3.05) is 0 Å². The van der Waals surface area contributed by atoms with E-state index in [4.69, 9.17) is 0 Å². The fourth-order valence-electron chi connectivity index (χ4n) is 2.94. The van der Waals surface area contributed by atoms with Gasteiger partial charge in [0.05, 0.1) is 11.1 Å². The molecule has 0 saturated heterocycles. The van der Waals surface area contributed by atoms with E-state index in [1.807, 2.05) is 42.5 Å². The predicted octanol–water partition coefficient (Wildman–Crippen LogP) is 3.44. The number of para-hydroxylation sites is 1. The van der Waals surface area contributed by atoms with E-state index in [-0.39, 0.29) is 0 Å². The summed E-state index contributed by atoms with van der Waals surface area (Å²) in [7, 11) is 0. The third-order valence-corrected chi connectivity index (χ3v) is 4.28. The van der Waals surface area contributed by atoms with E-state index in [2.05, 4.69) is 10.3 Å². The first-order valence-electron chi connectivity index (χ1n) is 8.56. The second-order valence-corrected chi connectivity index (χ2v) is 6.12. The van der Waals surface area contributed by atoms with E-state index in [9.17, 15) is 14.7 Å². The first-order chi connectivity index (χ1) is 12.6. The van der Waals surface area contributed by atoms with Crippen LogP contribution in [-0.4, -0.2) is 28.0 Å². The van der Waals surface area contributed by atoms with E-state index in [0.29, 0.717) is 23.9 Å². The third-order valence-electron chi connectivity index (χ3n) is 4.28. The van der Waals surface area contributed by atoms with E-state index >= 15 is 0 Å². The fourth-order valence-corrected chi connectivity index (χ4v) is 2.94. The first-order valence-corrected chi connectivity index (χ1v) is 8.56. The van der Waals surface area contributed by atoms with Gasteiger partial charge in [-0.1, -0.05) is 48.5 Å². The summed E-state index contributed by atoms with van der Waals surface area (Å²) in [6.45, 7) is 0. The highest BCUT2D eigenvalue weighted by Crippen LogP contribution is 2.16. The molecule has 26 heavy (non-hydrogen) atoms. The molecule has 0 saturated carbocycles. The SMILES string of the molecule is O=C(N[C@@H](CCCc1ccccc1)C(=O)O)c1cccc2cccnc12. The molecule has 0 aliphatic carbocycles. The molecule has 0 aliphatic rings. The van der Waals surface area contributed by atoms with Crippen LogP contribution in [0.3, 0.4) is 0 Å². The number of fused-ring (bicyclic) bond motifs is 1. The minimum absolute atomic E-state index is 0.369. The van der Waals surface area contributed by atoms with Crippen LogP contribution in [-0.2, 0) is 11.2 Å². The molecule has 1 aromatic heterocycles. The van der Waals surface area contributed by atoms with Crippen molar-refractivity contribution < 1.29 is 14.7 Å². The van der Waals surface area contributed by atoms with Gasteiger partial charge in [0.1, 0.15) is 6.04 Å². The number of benzene rings is 2. The second kappa shape index (κ2) is 8.25. The molecule has 1 heterocycles. The van der Waals surface area contributed by atoms with E-state index in [1.165, 1.54) is 0 Å². The van der Waals surface area contributed by atoms with Crippen molar-refractivity contribution in [3.05, 3.63) is 78.0 Å². The number of carbonyl (C=O) groups is 2. The zero-order chi connectivity index (χ0) is 18.4. The molecule has 0 spiro atoms. The largest absolute Gasteiger partial charge is 0.480 e. The summed E-state index contributed by atoms with van der Waals surface area (Å²) in [4.78, 5) is 28.4. The average molecular weight is 348 g/mol. The number of hydrogen-bond donors (Lipinski definition) is 2. The van der Waals surface area contributed by atoms with Gasteiger partial charge in [-0.15, -0.1) is 0 Å². The molecule has 132 valence electrons. The summed E-state index contributed by atoms with van der Waals surface area (Å²) in [5.41, 5.74) is 2.11. The molecule has 5 heteroatoms. The highest BCUT2D eigenvalue weighted by Gasteiger charge is 2.21. The molecule has 1 amide bonds. The zero-order valence-electron chi connectivity index (χ0n) is 14.3. The lowest BCUT2D eigenvalue weighted by atomic mass is 10.0. The van der Waals surface area contributed by atoms with Crippen LogP contribution < -0.4 is 5.32 Å². The molecule has 3 rings (SSSR count). The fraction of sp³-hybridized carbons (Fsp3) is 0.190. The standard InChI is InChI=1S/C21H20N2O3/c24-20(17-12-5-10-16-11-6-14-22-19(16)17)23-18(21(25)26)13-4-9-15-7-2-1-3-8-15/h1-3,5-8,10-12,14,18H,4,9,13H2,(H,23,24)(H,25,26)/t18-/m0/s1. The first kappa shape index (κ1) is 17.6. The number of amides is 1. The molecule has 2 aromatic carbocycles. The van der Waals surface area contributed by atoms with Crippen molar-refractivity contribution in [1.82, 2.24) is 10.3 Å². The van der Waals surface area contributed by atoms with Gasteiger partial charge in [0.2, 0.25) is 0 Å². The molecule has 0 unspecified atom stereocenters. The monoisotopic (exact) mass is 348 g/mol. The molecular weight excluding hydrogens is 328 g/mol. The van der Waals surface area contributed by atoms with E-state index < -0.39 is 17.9 Å². The Bertz CT molecular complexity index is 904. The van der Waals surface area contributed by atoms with Crippen molar-refractivity contribution in [3.8, 4) is 0 Å². The summed E-state index contributed by atoms with van der Waals surface area (Å²) in [6, 6.07) is 17.9. The maximum absolute atomic E-state index is 12.6. The quantitative estimate of drug-likeness (QED) is 0.685. The Balaban J connectivity index is 1.67. The molecule has 3 aromatic rings. The van der Waals surface area contributed by atoms with Gasteiger partial charge in [0.25, 0.3) is 5.91 Å². The van der Waals surface area contributed by atoms with Crippen LogP contribution >= 0.6 is 0 Å². The predicted molar refractivity (Wildman–Crippen MR) is 100 cm³/mol. The van der Waals surface area contributed by atoms with Crippen molar-refractivity contribution in [1.29, 1.82) is 0 Å². The lowest BCUT2D eigenvalue weighted by Crippen LogP contribution is -2.40. The Kier molecular flexibility index (Phi) is 5.59. The highest BCUT2D eigenvalue weighted by molar-refractivity contribution is 6.06. The molecule has 0 radical (unpaired) electrons. The summed E-state index contributed by atoms with van der Waals surface area (Å²) < 4.78 is 0. The van der Waals surface area contributed by atoms with Crippen molar-refractivity contribution in [3.63, 3.8) is 0 Å².